The molecule has 0 N–H and O–H groups in total. The van der Waals surface area contributed by atoms with Crippen molar-refractivity contribution in [3.63, 3.8) is 0 Å². The van der Waals surface area contributed by atoms with Gasteiger partial charge in [0.15, 0.2) is 0 Å². The van der Waals surface area contributed by atoms with Crippen LogP contribution in [0.15, 0.2) is 84.9 Å². The Balaban J connectivity index is 1.36. The quantitative estimate of drug-likeness (QED) is 0.263. The van der Waals surface area contributed by atoms with Gasteiger partial charge in [0.2, 0.25) is 0 Å². The summed E-state index contributed by atoms with van der Waals surface area (Å²) in [6.07, 6.45) is 7.86. The largest absolute Gasteiger partial charge is 0.494 e. The van der Waals surface area contributed by atoms with Crippen LogP contribution in [0, 0.1) is 0 Å². The molecule has 0 amide bonds. The molecule has 0 aromatic heterocycles. The van der Waals surface area contributed by atoms with Crippen molar-refractivity contribution in [3.8, 4) is 44.9 Å². The van der Waals surface area contributed by atoms with Crippen molar-refractivity contribution in [2.75, 3.05) is 13.2 Å². The summed E-state index contributed by atoms with van der Waals surface area (Å²) < 4.78 is 11.4. The molecule has 2 heteroatoms. The Morgan fingerprint density at radius 2 is 0.868 bits per heavy atom. The third-order valence-corrected chi connectivity index (χ3v) is 9.69. The molecule has 0 radical (unpaired) electrons. The molecule has 4 aromatic carbocycles. The van der Waals surface area contributed by atoms with E-state index in [2.05, 4.69) is 84.9 Å². The molecule has 3 aliphatic rings. The normalized spacial score (nSPS) is 22.8. The van der Waals surface area contributed by atoms with Crippen molar-refractivity contribution in [1.82, 2.24) is 0 Å². The Labute approximate surface area is 226 Å². The topological polar surface area (TPSA) is 18.5 Å². The van der Waals surface area contributed by atoms with Crippen LogP contribution in [-0.2, 0) is 10.8 Å². The molecule has 3 aliphatic carbocycles. The SMILES string of the molecule is CCOc1ccc(-c2ccc3c(c2)C24CCCC2(CCC4)c2cc(-c4ccc(OCC)cc4)ccc2-3)cc1. The van der Waals surface area contributed by atoms with Gasteiger partial charge in [0.1, 0.15) is 11.5 Å². The first-order valence-corrected chi connectivity index (χ1v) is 14.4. The van der Waals surface area contributed by atoms with E-state index in [4.69, 9.17) is 9.47 Å². The van der Waals surface area contributed by atoms with Crippen LogP contribution in [0.1, 0.15) is 63.5 Å². The van der Waals surface area contributed by atoms with Gasteiger partial charge >= 0.3 is 0 Å². The van der Waals surface area contributed by atoms with E-state index in [0.29, 0.717) is 13.2 Å². The van der Waals surface area contributed by atoms with E-state index in [1.165, 1.54) is 71.9 Å². The summed E-state index contributed by atoms with van der Waals surface area (Å²) in [6.45, 7) is 5.46. The maximum atomic E-state index is 5.69. The van der Waals surface area contributed by atoms with Crippen LogP contribution in [-0.4, -0.2) is 13.2 Å². The van der Waals surface area contributed by atoms with Gasteiger partial charge in [-0.05, 0) is 120 Å². The van der Waals surface area contributed by atoms with E-state index >= 15 is 0 Å². The van der Waals surface area contributed by atoms with E-state index < -0.39 is 0 Å². The van der Waals surface area contributed by atoms with Crippen molar-refractivity contribution in [3.05, 3.63) is 96.1 Å². The first-order valence-electron chi connectivity index (χ1n) is 14.4. The van der Waals surface area contributed by atoms with Gasteiger partial charge < -0.3 is 9.47 Å². The number of hydrogen-bond acceptors (Lipinski definition) is 2. The van der Waals surface area contributed by atoms with Crippen molar-refractivity contribution < 1.29 is 9.47 Å². The minimum absolute atomic E-state index is 0.258. The Bertz CT molecular complexity index is 1360. The number of ether oxygens (including phenoxy) is 2. The van der Waals surface area contributed by atoms with Gasteiger partial charge in [0, 0.05) is 10.8 Å². The molecule has 0 aliphatic heterocycles. The second kappa shape index (κ2) is 9.05. The number of hydrogen-bond donors (Lipinski definition) is 0. The fourth-order valence-corrected chi connectivity index (χ4v) is 8.18. The second-order valence-corrected chi connectivity index (χ2v) is 11.3. The molecule has 0 bridgehead atoms. The fraction of sp³-hybridized carbons (Fsp3) is 0.333. The molecule has 192 valence electrons. The van der Waals surface area contributed by atoms with Gasteiger partial charge in [-0.2, -0.15) is 0 Å². The molecule has 2 fully saturated rings. The first-order chi connectivity index (χ1) is 18.7. The molecule has 0 heterocycles. The lowest BCUT2D eigenvalue weighted by molar-refractivity contribution is 0.299. The molecule has 7 rings (SSSR count). The highest BCUT2D eigenvalue weighted by Gasteiger charge is 2.62. The smallest absolute Gasteiger partial charge is 0.119 e. The predicted octanol–water partition coefficient (Wildman–Crippen LogP) is 9.34. The third kappa shape index (κ3) is 3.39. The van der Waals surface area contributed by atoms with E-state index in [1.807, 2.05) is 13.8 Å². The van der Waals surface area contributed by atoms with Crippen LogP contribution in [0.5, 0.6) is 11.5 Å². The zero-order chi connectivity index (χ0) is 25.7. The Morgan fingerprint density at radius 3 is 1.24 bits per heavy atom. The number of fused-ring (bicyclic) bond motifs is 3. The highest BCUT2D eigenvalue weighted by Crippen LogP contribution is 2.69. The summed E-state index contributed by atoms with van der Waals surface area (Å²) in [6, 6.07) is 31.8. The highest BCUT2D eigenvalue weighted by molar-refractivity contribution is 5.84. The summed E-state index contributed by atoms with van der Waals surface area (Å²) in [7, 11) is 0. The zero-order valence-electron chi connectivity index (χ0n) is 22.6. The maximum absolute atomic E-state index is 5.69. The molecule has 0 spiro atoms. The van der Waals surface area contributed by atoms with Gasteiger partial charge in [-0.1, -0.05) is 61.4 Å². The Morgan fingerprint density at radius 1 is 0.500 bits per heavy atom. The monoisotopic (exact) mass is 500 g/mol. The van der Waals surface area contributed by atoms with Crippen molar-refractivity contribution in [2.45, 2.75) is 63.2 Å². The Hall–Kier alpha value is -3.52. The molecule has 2 saturated carbocycles. The first kappa shape index (κ1) is 23.6. The molecular weight excluding hydrogens is 464 g/mol. The molecule has 38 heavy (non-hydrogen) atoms. The van der Waals surface area contributed by atoms with Crippen LogP contribution in [0.3, 0.4) is 0 Å². The van der Waals surface area contributed by atoms with E-state index in [9.17, 15) is 0 Å². The minimum Gasteiger partial charge on any atom is -0.494 e. The molecule has 0 unspecified atom stereocenters. The Kier molecular flexibility index (Phi) is 5.62. The van der Waals surface area contributed by atoms with E-state index in [-0.39, 0.29) is 10.8 Å². The number of benzene rings is 4. The maximum Gasteiger partial charge on any atom is 0.119 e. The molecule has 4 aromatic rings. The van der Waals surface area contributed by atoms with Crippen LogP contribution >= 0.6 is 0 Å². The van der Waals surface area contributed by atoms with Gasteiger partial charge in [0.25, 0.3) is 0 Å². The van der Waals surface area contributed by atoms with Crippen molar-refractivity contribution in [1.29, 1.82) is 0 Å². The lowest BCUT2D eigenvalue weighted by atomic mass is 9.55. The summed E-state index contributed by atoms with van der Waals surface area (Å²) >= 11 is 0. The highest BCUT2D eigenvalue weighted by atomic mass is 16.5. The van der Waals surface area contributed by atoms with Gasteiger partial charge in [-0.25, -0.2) is 0 Å². The second-order valence-electron chi connectivity index (χ2n) is 11.3. The zero-order valence-corrected chi connectivity index (χ0v) is 22.6. The van der Waals surface area contributed by atoms with Gasteiger partial charge in [-0.15, -0.1) is 0 Å². The molecular formula is C36H36O2. The third-order valence-electron chi connectivity index (χ3n) is 9.69. The summed E-state index contributed by atoms with van der Waals surface area (Å²) in [5.74, 6) is 1.88. The van der Waals surface area contributed by atoms with Crippen molar-refractivity contribution in [2.24, 2.45) is 0 Å². The fourth-order valence-electron chi connectivity index (χ4n) is 8.18. The minimum atomic E-state index is 0.258. The van der Waals surface area contributed by atoms with Crippen LogP contribution in [0.4, 0.5) is 0 Å². The summed E-state index contributed by atoms with van der Waals surface area (Å²) in [5.41, 5.74) is 11.8. The van der Waals surface area contributed by atoms with Crippen LogP contribution in [0.25, 0.3) is 33.4 Å². The lowest BCUT2D eigenvalue weighted by Crippen LogP contribution is -2.43. The summed E-state index contributed by atoms with van der Waals surface area (Å²) in [4.78, 5) is 0. The predicted molar refractivity (Wildman–Crippen MR) is 156 cm³/mol. The van der Waals surface area contributed by atoms with E-state index in [0.717, 1.165) is 11.5 Å². The molecule has 0 saturated heterocycles. The van der Waals surface area contributed by atoms with Crippen LogP contribution < -0.4 is 9.47 Å². The van der Waals surface area contributed by atoms with Crippen LogP contribution in [0.2, 0.25) is 0 Å². The van der Waals surface area contributed by atoms with E-state index in [1.54, 1.807) is 11.1 Å². The molecule has 2 nitrogen and oxygen atoms in total. The average molecular weight is 501 g/mol. The average Bonchev–Trinajstić information content (AvgIpc) is 3.52. The standard InChI is InChI=1S/C36H36O2/c1-3-37-29-13-7-25(8-14-29)27-11-17-31-32-18-12-28(26-9-15-30(16-10-26)38-4-2)24-34(32)36-21-5-19-35(36,20-6-22-36)33(31)23-27/h7-18,23-24H,3-6,19-22H2,1-2H3. The lowest BCUT2D eigenvalue weighted by Gasteiger charge is -2.48. The van der Waals surface area contributed by atoms with Gasteiger partial charge in [-0.3, -0.25) is 0 Å². The summed E-state index contributed by atoms with van der Waals surface area (Å²) in [5, 5.41) is 0. The molecule has 0 atom stereocenters. The van der Waals surface area contributed by atoms with Gasteiger partial charge in [0.05, 0.1) is 13.2 Å². The number of rotatable bonds is 6. The van der Waals surface area contributed by atoms with Crippen molar-refractivity contribution >= 4 is 0 Å².